The van der Waals surface area contributed by atoms with Gasteiger partial charge in [-0.1, -0.05) is 29.9 Å². The quantitative estimate of drug-likeness (QED) is 0.871. The molecule has 0 aliphatic heterocycles. The van der Waals surface area contributed by atoms with E-state index < -0.39 is 11.6 Å². The molecule has 0 saturated carbocycles. The van der Waals surface area contributed by atoms with Crippen LogP contribution in [0, 0.1) is 11.6 Å². The van der Waals surface area contributed by atoms with E-state index in [1.807, 2.05) is 0 Å². The van der Waals surface area contributed by atoms with Crippen LogP contribution < -0.4 is 10.5 Å². The molecule has 0 aliphatic carbocycles. The Bertz CT molecular complexity index is 664. The Morgan fingerprint density at radius 1 is 1.15 bits per heavy atom. The minimum absolute atomic E-state index is 0.0298. The smallest absolute Gasteiger partial charge is 0.137 e. The molecule has 2 nitrogen and oxygen atoms in total. The summed E-state index contributed by atoms with van der Waals surface area (Å²) in [5.41, 5.74) is 5.82. The minimum atomic E-state index is -0.577. The maximum absolute atomic E-state index is 13.6. The summed E-state index contributed by atoms with van der Waals surface area (Å²) >= 11 is 10.3. The number of nitrogens with two attached hydrogens (primary N) is 1. The van der Waals surface area contributed by atoms with Gasteiger partial charge < -0.3 is 10.5 Å². The van der Waals surface area contributed by atoms with Crippen LogP contribution in [0.25, 0.3) is 0 Å². The fourth-order valence-corrected chi connectivity index (χ4v) is 1.91. The summed E-state index contributed by atoms with van der Waals surface area (Å²) < 4.78 is 32.5. The molecule has 0 radical (unpaired) electrons. The van der Waals surface area contributed by atoms with E-state index in [1.165, 1.54) is 24.3 Å². The van der Waals surface area contributed by atoms with E-state index in [0.717, 1.165) is 6.07 Å². The molecule has 0 heterocycles. The van der Waals surface area contributed by atoms with Crippen LogP contribution in [0.1, 0.15) is 11.1 Å². The van der Waals surface area contributed by atoms with Crippen LogP contribution in [0.15, 0.2) is 36.4 Å². The molecule has 104 valence electrons. The zero-order valence-electron chi connectivity index (χ0n) is 10.2. The van der Waals surface area contributed by atoms with E-state index in [9.17, 15) is 8.78 Å². The van der Waals surface area contributed by atoms with Gasteiger partial charge in [-0.05, 0) is 24.3 Å². The summed E-state index contributed by atoms with van der Waals surface area (Å²) in [4.78, 5) is -0.0298. The molecule has 0 saturated heterocycles. The first-order valence-electron chi connectivity index (χ1n) is 5.63. The molecule has 6 heteroatoms. The Labute approximate surface area is 125 Å². The Morgan fingerprint density at radius 3 is 2.50 bits per heavy atom. The second-order valence-electron chi connectivity index (χ2n) is 4.03. The van der Waals surface area contributed by atoms with Crippen molar-refractivity contribution in [2.24, 2.45) is 5.73 Å². The highest BCUT2D eigenvalue weighted by Gasteiger charge is 2.08. The Kier molecular flexibility index (Phi) is 4.52. The Balaban J connectivity index is 2.11. The van der Waals surface area contributed by atoms with Crippen LogP contribution >= 0.6 is 23.8 Å². The average Bonchev–Trinajstić information content (AvgIpc) is 2.37. The highest BCUT2D eigenvalue weighted by Crippen LogP contribution is 2.20. The van der Waals surface area contributed by atoms with Crippen LogP contribution in [-0.2, 0) is 6.61 Å². The van der Waals surface area contributed by atoms with Gasteiger partial charge in [-0.2, -0.15) is 0 Å². The molecule has 0 amide bonds. The van der Waals surface area contributed by atoms with E-state index in [0.29, 0.717) is 10.6 Å². The maximum Gasteiger partial charge on any atom is 0.137 e. The molecule has 2 N–H and O–H groups in total. The highest BCUT2D eigenvalue weighted by atomic mass is 35.5. The average molecular weight is 314 g/mol. The molecule has 0 bridgehead atoms. The van der Waals surface area contributed by atoms with Crippen molar-refractivity contribution in [3.05, 3.63) is 64.2 Å². The van der Waals surface area contributed by atoms with Gasteiger partial charge in [-0.3, -0.25) is 0 Å². The fourth-order valence-electron chi connectivity index (χ4n) is 1.59. The highest BCUT2D eigenvalue weighted by molar-refractivity contribution is 7.80. The maximum atomic E-state index is 13.6. The Morgan fingerprint density at radius 2 is 1.90 bits per heavy atom. The molecule has 20 heavy (non-hydrogen) atoms. The van der Waals surface area contributed by atoms with Crippen molar-refractivity contribution < 1.29 is 13.5 Å². The van der Waals surface area contributed by atoms with Gasteiger partial charge in [0.25, 0.3) is 0 Å². The first kappa shape index (κ1) is 14.7. The summed E-state index contributed by atoms with van der Waals surface area (Å²) in [6.45, 7) is -0.0329. The normalized spacial score (nSPS) is 10.3. The topological polar surface area (TPSA) is 35.2 Å². The number of thiocarbonyl (C=S) groups is 1. The third kappa shape index (κ3) is 3.43. The molecule has 0 fully saturated rings. The lowest BCUT2D eigenvalue weighted by atomic mass is 10.2. The van der Waals surface area contributed by atoms with Gasteiger partial charge in [0.15, 0.2) is 0 Å². The molecule has 0 unspecified atom stereocenters. The zero-order chi connectivity index (χ0) is 14.7. The van der Waals surface area contributed by atoms with Crippen molar-refractivity contribution in [3.8, 4) is 5.75 Å². The molecule has 2 rings (SSSR count). The van der Waals surface area contributed by atoms with Gasteiger partial charge in [0, 0.05) is 22.2 Å². The number of ether oxygens (including phenoxy) is 1. The van der Waals surface area contributed by atoms with E-state index in [-0.39, 0.29) is 22.9 Å². The van der Waals surface area contributed by atoms with E-state index >= 15 is 0 Å². The summed E-state index contributed by atoms with van der Waals surface area (Å²) in [6.07, 6.45) is 0. The second kappa shape index (κ2) is 6.15. The summed E-state index contributed by atoms with van der Waals surface area (Å²) in [7, 11) is 0. The van der Waals surface area contributed by atoms with E-state index in [2.05, 4.69) is 0 Å². The molecule has 0 aromatic heterocycles. The largest absolute Gasteiger partial charge is 0.489 e. The second-order valence-corrected chi connectivity index (χ2v) is 4.91. The monoisotopic (exact) mass is 313 g/mol. The van der Waals surface area contributed by atoms with Crippen molar-refractivity contribution in [3.63, 3.8) is 0 Å². The van der Waals surface area contributed by atoms with Crippen molar-refractivity contribution in [1.82, 2.24) is 0 Å². The van der Waals surface area contributed by atoms with Crippen molar-refractivity contribution in [1.29, 1.82) is 0 Å². The zero-order valence-corrected chi connectivity index (χ0v) is 11.8. The third-order valence-corrected chi connectivity index (χ3v) is 3.07. The van der Waals surface area contributed by atoms with Crippen LogP contribution in [0.4, 0.5) is 8.78 Å². The third-order valence-electron chi connectivity index (χ3n) is 2.62. The summed E-state index contributed by atoms with van der Waals surface area (Å²) in [5.74, 6) is -0.791. The molecular weight excluding hydrogens is 304 g/mol. The van der Waals surface area contributed by atoms with Gasteiger partial charge in [0.2, 0.25) is 0 Å². The Hall–Kier alpha value is -1.72. The standard InChI is InChI=1S/C14H10ClF2NOS/c15-9-2-1-8(12(16)5-9)7-19-10-3-4-11(14(18)20)13(17)6-10/h1-6H,7H2,(H2,18,20). The van der Waals surface area contributed by atoms with Crippen molar-refractivity contribution in [2.45, 2.75) is 6.61 Å². The number of hydrogen-bond acceptors (Lipinski definition) is 2. The van der Waals surface area contributed by atoms with Crippen LogP contribution in [-0.4, -0.2) is 4.99 Å². The number of benzene rings is 2. The molecule has 2 aromatic carbocycles. The van der Waals surface area contributed by atoms with Gasteiger partial charge in [-0.25, -0.2) is 8.78 Å². The first-order valence-corrected chi connectivity index (χ1v) is 6.42. The number of hydrogen-bond donors (Lipinski definition) is 1. The van der Waals surface area contributed by atoms with Gasteiger partial charge in [0.05, 0.1) is 0 Å². The van der Waals surface area contributed by atoms with Crippen LogP contribution in [0.2, 0.25) is 5.02 Å². The van der Waals surface area contributed by atoms with Gasteiger partial charge in [0.1, 0.15) is 29.0 Å². The molecular formula is C14H10ClF2NOS. The first-order chi connectivity index (χ1) is 9.47. The summed E-state index contributed by atoms with van der Waals surface area (Å²) in [5, 5.41) is 0.304. The molecule has 0 aliphatic rings. The fraction of sp³-hybridized carbons (Fsp3) is 0.0714. The predicted octanol–water partition coefficient (Wildman–Crippen LogP) is 3.83. The molecule has 2 aromatic rings. The summed E-state index contributed by atoms with van der Waals surface area (Å²) in [6, 6.07) is 8.35. The van der Waals surface area contributed by atoms with E-state index in [4.69, 9.17) is 34.3 Å². The van der Waals surface area contributed by atoms with Crippen LogP contribution in [0.5, 0.6) is 5.75 Å². The predicted molar refractivity (Wildman–Crippen MR) is 78.0 cm³/mol. The minimum Gasteiger partial charge on any atom is -0.489 e. The SMILES string of the molecule is NC(=S)c1ccc(OCc2ccc(Cl)cc2F)cc1F. The van der Waals surface area contributed by atoms with Crippen molar-refractivity contribution >= 4 is 28.8 Å². The van der Waals surface area contributed by atoms with Crippen molar-refractivity contribution in [2.75, 3.05) is 0 Å². The lowest BCUT2D eigenvalue weighted by molar-refractivity contribution is 0.298. The molecule has 0 atom stereocenters. The number of rotatable bonds is 4. The van der Waals surface area contributed by atoms with Gasteiger partial charge in [-0.15, -0.1) is 0 Å². The number of halogens is 3. The van der Waals surface area contributed by atoms with E-state index in [1.54, 1.807) is 6.07 Å². The lowest BCUT2D eigenvalue weighted by Crippen LogP contribution is -2.11. The lowest BCUT2D eigenvalue weighted by Gasteiger charge is -2.09. The van der Waals surface area contributed by atoms with Crippen LogP contribution in [0.3, 0.4) is 0 Å². The van der Waals surface area contributed by atoms with Gasteiger partial charge >= 0.3 is 0 Å². The molecule has 0 spiro atoms.